The normalized spacial score (nSPS) is 12.6. The van der Waals surface area contributed by atoms with Crippen molar-refractivity contribution in [2.24, 2.45) is 0 Å². The minimum Gasteiger partial charge on any atom is -0.495 e. The summed E-state index contributed by atoms with van der Waals surface area (Å²) < 4.78 is 47.6. The zero-order valence-corrected chi connectivity index (χ0v) is 18.0. The van der Waals surface area contributed by atoms with Crippen LogP contribution in [0, 0.1) is 6.92 Å². The number of aliphatic carboxylic acids is 1. The van der Waals surface area contributed by atoms with Crippen LogP contribution in [0.15, 0.2) is 36.4 Å². The van der Waals surface area contributed by atoms with Crippen LogP contribution in [0.3, 0.4) is 0 Å². The smallest absolute Gasteiger partial charge is 0.495 e. The van der Waals surface area contributed by atoms with Gasteiger partial charge in [-0.1, -0.05) is 18.5 Å². The van der Waals surface area contributed by atoms with Crippen molar-refractivity contribution in [3.63, 3.8) is 0 Å². The predicted molar refractivity (Wildman–Crippen MR) is 112 cm³/mol. The van der Waals surface area contributed by atoms with E-state index in [0.717, 1.165) is 12.1 Å². The van der Waals surface area contributed by atoms with Crippen LogP contribution < -0.4 is 9.47 Å². The summed E-state index contributed by atoms with van der Waals surface area (Å²) in [6, 6.07) is 7.55. The van der Waals surface area contributed by atoms with Crippen molar-refractivity contribution in [2.45, 2.75) is 32.5 Å². The molecule has 10 heteroatoms. The second kappa shape index (κ2) is 8.74. The van der Waals surface area contributed by atoms with Crippen molar-refractivity contribution in [3.05, 3.63) is 58.2 Å². The fourth-order valence-electron chi connectivity index (χ4n) is 3.73. The molecule has 1 N–H and O–H groups in total. The second-order valence-electron chi connectivity index (χ2n) is 7.01. The highest BCUT2D eigenvalue weighted by atomic mass is 35.5. The Morgan fingerprint density at radius 2 is 1.81 bits per heavy atom. The third-order valence-electron chi connectivity index (χ3n) is 5.12. The summed E-state index contributed by atoms with van der Waals surface area (Å²) in [5.41, 5.74) is 1.28. The first-order valence-corrected chi connectivity index (χ1v) is 9.88. The first kappa shape index (κ1) is 23.5. The number of carboxylic acids is 1. The number of methoxy groups -OCH3 is 1. The monoisotopic (exact) mass is 469 g/mol. The van der Waals surface area contributed by atoms with Gasteiger partial charge in [-0.15, -0.1) is 13.2 Å². The molecule has 1 heterocycles. The van der Waals surface area contributed by atoms with Gasteiger partial charge >= 0.3 is 12.3 Å². The summed E-state index contributed by atoms with van der Waals surface area (Å²) in [7, 11) is 1.42. The molecule has 0 radical (unpaired) electrons. The van der Waals surface area contributed by atoms with Crippen molar-refractivity contribution in [2.75, 3.05) is 7.11 Å². The van der Waals surface area contributed by atoms with E-state index in [0.29, 0.717) is 27.9 Å². The van der Waals surface area contributed by atoms with Crippen LogP contribution in [0.1, 0.15) is 40.9 Å². The van der Waals surface area contributed by atoms with E-state index in [1.165, 1.54) is 29.9 Å². The highest BCUT2D eigenvalue weighted by Crippen LogP contribution is 2.39. The maximum atomic E-state index is 13.3. The second-order valence-corrected chi connectivity index (χ2v) is 7.42. The number of benzene rings is 2. The molecule has 2 aromatic carbocycles. The molecule has 0 amide bonds. The molecule has 0 aliphatic heterocycles. The lowest BCUT2D eigenvalue weighted by Crippen LogP contribution is -2.18. The van der Waals surface area contributed by atoms with Crippen LogP contribution in [0.5, 0.6) is 11.5 Å². The minimum atomic E-state index is -4.85. The maximum Gasteiger partial charge on any atom is 0.573 e. The zero-order valence-electron chi connectivity index (χ0n) is 17.3. The first-order valence-electron chi connectivity index (χ1n) is 9.50. The Morgan fingerprint density at radius 1 is 1.19 bits per heavy atom. The molecule has 1 unspecified atom stereocenters. The third kappa shape index (κ3) is 4.38. The van der Waals surface area contributed by atoms with Gasteiger partial charge in [0.05, 0.1) is 23.6 Å². The summed E-state index contributed by atoms with van der Waals surface area (Å²) in [5, 5.41) is 10.4. The molecule has 32 heavy (non-hydrogen) atoms. The lowest BCUT2D eigenvalue weighted by Gasteiger charge is -2.12. The summed E-state index contributed by atoms with van der Waals surface area (Å²) in [5.74, 6) is -2.64. The standard InChI is InChI=1S/C22H19ClF3NO5/c1-4-14(21(29)30)19-11(2)27(17-10-16(23)18(31-3)9-15(17)19)20(28)12-5-7-13(8-6-12)32-22(24,25)26/h5-10,14H,4H2,1-3H3,(H,29,30). The molecule has 6 nitrogen and oxygen atoms in total. The van der Waals surface area contributed by atoms with Gasteiger partial charge in [0, 0.05) is 16.6 Å². The van der Waals surface area contributed by atoms with Gasteiger partial charge < -0.3 is 14.6 Å². The molecular weight excluding hydrogens is 451 g/mol. The maximum absolute atomic E-state index is 13.3. The summed E-state index contributed by atoms with van der Waals surface area (Å²) >= 11 is 6.26. The molecule has 0 fully saturated rings. The van der Waals surface area contributed by atoms with Crippen LogP contribution in [0.4, 0.5) is 13.2 Å². The van der Waals surface area contributed by atoms with Crippen LogP contribution in [-0.4, -0.2) is 35.0 Å². The molecule has 0 aliphatic carbocycles. The van der Waals surface area contributed by atoms with E-state index in [1.54, 1.807) is 19.9 Å². The quantitative estimate of drug-likeness (QED) is 0.495. The molecule has 0 spiro atoms. The number of fused-ring (bicyclic) bond motifs is 1. The van der Waals surface area contributed by atoms with Gasteiger partial charge in [-0.2, -0.15) is 0 Å². The van der Waals surface area contributed by atoms with Crippen molar-refractivity contribution in [1.82, 2.24) is 4.57 Å². The SMILES string of the molecule is CCC(C(=O)O)c1c(C)n(C(=O)c2ccc(OC(F)(F)F)cc2)c2cc(Cl)c(OC)cc12. The van der Waals surface area contributed by atoms with Crippen LogP contribution in [-0.2, 0) is 4.79 Å². The van der Waals surface area contributed by atoms with Gasteiger partial charge in [-0.3, -0.25) is 14.2 Å². The van der Waals surface area contributed by atoms with Crippen molar-refractivity contribution in [1.29, 1.82) is 0 Å². The summed E-state index contributed by atoms with van der Waals surface area (Å²) in [6.45, 7) is 3.33. The first-order chi connectivity index (χ1) is 15.0. The predicted octanol–water partition coefficient (Wildman–Crippen LogP) is 5.78. The van der Waals surface area contributed by atoms with Crippen LogP contribution >= 0.6 is 11.6 Å². The van der Waals surface area contributed by atoms with Crippen LogP contribution in [0.25, 0.3) is 10.9 Å². The number of alkyl halides is 3. The van der Waals surface area contributed by atoms with Gasteiger partial charge in [0.1, 0.15) is 11.5 Å². The van der Waals surface area contributed by atoms with E-state index in [1.807, 2.05) is 0 Å². The largest absolute Gasteiger partial charge is 0.573 e. The number of aromatic nitrogens is 1. The Kier molecular flexibility index (Phi) is 6.41. The van der Waals surface area contributed by atoms with Crippen molar-refractivity contribution in [3.8, 4) is 11.5 Å². The lowest BCUT2D eigenvalue weighted by molar-refractivity contribution is -0.274. The fraction of sp³-hybridized carbons (Fsp3) is 0.273. The third-order valence-corrected chi connectivity index (χ3v) is 5.41. The summed E-state index contributed by atoms with van der Waals surface area (Å²) in [6.07, 6.45) is -4.58. The molecule has 0 aliphatic rings. The number of ether oxygens (including phenoxy) is 2. The number of rotatable bonds is 6. The number of nitrogens with zero attached hydrogens (tertiary/aromatic N) is 1. The Hall–Kier alpha value is -3.20. The van der Waals surface area contributed by atoms with E-state index in [4.69, 9.17) is 16.3 Å². The molecule has 170 valence electrons. The topological polar surface area (TPSA) is 77.8 Å². The molecule has 3 rings (SSSR count). The molecule has 1 aromatic heterocycles. The Balaban J connectivity index is 2.19. The Bertz CT molecular complexity index is 1190. The van der Waals surface area contributed by atoms with Gasteiger partial charge in [0.25, 0.3) is 5.91 Å². The summed E-state index contributed by atoms with van der Waals surface area (Å²) in [4.78, 5) is 25.2. The number of carboxylic acid groups (broad SMARTS) is 1. The van der Waals surface area contributed by atoms with E-state index in [9.17, 15) is 27.9 Å². The number of hydrogen-bond acceptors (Lipinski definition) is 4. The number of hydrogen-bond donors (Lipinski definition) is 1. The molecule has 0 saturated carbocycles. The molecule has 0 saturated heterocycles. The van der Waals surface area contributed by atoms with E-state index in [2.05, 4.69) is 4.74 Å². The van der Waals surface area contributed by atoms with Crippen molar-refractivity contribution < 1.29 is 37.3 Å². The molecule has 0 bridgehead atoms. The minimum absolute atomic E-state index is 0.0846. The highest BCUT2D eigenvalue weighted by Gasteiger charge is 2.32. The molecular formula is C22H19ClF3NO5. The number of carbonyl (C=O) groups excluding carboxylic acids is 1. The highest BCUT2D eigenvalue weighted by molar-refractivity contribution is 6.33. The van der Waals surface area contributed by atoms with Gasteiger partial charge in [0.15, 0.2) is 0 Å². The number of halogens is 4. The average molecular weight is 470 g/mol. The van der Waals surface area contributed by atoms with E-state index >= 15 is 0 Å². The zero-order chi connectivity index (χ0) is 23.8. The Labute approximate surface area is 186 Å². The van der Waals surface area contributed by atoms with Crippen LogP contribution in [0.2, 0.25) is 5.02 Å². The molecule has 1 atom stereocenters. The van der Waals surface area contributed by atoms with Gasteiger partial charge in [0.2, 0.25) is 0 Å². The fourth-order valence-corrected chi connectivity index (χ4v) is 3.96. The van der Waals surface area contributed by atoms with Gasteiger partial charge in [-0.25, -0.2) is 0 Å². The number of carbonyl (C=O) groups is 2. The van der Waals surface area contributed by atoms with E-state index < -0.39 is 29.9 Å². The average Bonchev–Trinajstić information content (AvgIpc) is 2.97. The van der Waals surface area contributed by atoms with Gasteiger partial charge in [-0.05, 0) is 55.3 Å². The van der Waals surface area contributed by atoms with Crippen molar-refractivity contribution >= 4 is 34.4 Å². The lowest BCUT2D eigenvalue weighted by atomic mass is 9.94. The Morgan fingerprint density at radius 3 is 2.31 bits per heavy atom. The van der Waals surface area contributed by atoms with E-state index in [-0.39, 0.29) is 17.0 Å². The molecule has 3 aromatic rings.